The average molecular weight is 219 g/mol. The van der Waals surface area contributed by atoms with E-state index in [0.717, 1.165) is 12.3 Å². The van der Waals surface area contributed by atoms with Crippen LogP contribution >= 0.6 is 0 Å². The number of carboxylic acid groups (broad SMARTS) is 1. The average Bonchev–Trinajstić information content (AvgIpc) is 2.15. The number of halogens is 3. The number of Topliss-reactive ketones (excluding diaryl/α,β-unsaturated/α-hetero) is 1. The number of hydrogen-bond acceptors (Lipinski definition) is 3. The van der Waals surface area contributed by atoms with E-state index in [2.05, 4.69) is 4.98 Å². The summed E-state index contributed by atoms with van der Waals surface area (Å²) in [6.45, 7) is 0. The summed E-state index contributed by atoms with van der Waals surface area (Å²) in [5.41, 5.74) is -2.26. The van der Waals surface area contributed by atoms with E-state index in [0.29, 0.717) is 6.20 Å². The summed E-state index contributed by atoms with van der Waals surface area (Å²) in [6, 6.07) is 0.722. The number of ketones is 1. The quantitative estimate of drug-likeness (QED) is 0.602. The van der Waals surface area contributed by atoms with Crippen molar-refractivity contribution in [1.29, 1.82) is 0 Å². The molecule has 0 aliphatic rings. The SMILES string of the molecule is O=C(O)C(=O)c1ccncc1C(F)(F)F. The fourth-order valence-electron chi connectivity index (χ4n) is 0.934. The summed E-state index contributed by atoms with van der Waals surface area (Å²) in [4.78, 5) is 24.3. The van der Waals surface area contributed by atoms with Gasteiger partial charge in [0.2, 0.25) is 0 Å². The van der Waals surface area contributed by atoms with E-state index in [1.807, 2.05) is 0 Å². The molecule has 15 heavy (non-hydrogen) atoms. The molecule has 0 fully saturated rings. The molecule has 1 aromatic rings. The molecule has 0 saturated carbocycles. The van der Waals surface area contributed by atoms with Crippen LogP contribution in [0.3, 0.4) is 0 Å². The van der Waals surface area contributed by atoms with Crippen molar-refractivity contribution in [2.24, 2.45) is 0 Å². The molecule has 0 aliphatic carbocycles. The van der Waals surface area contributed by atoms with Crippen molar-refractivity contribution in [3.8, 4) is 0 Å². The van der Waals surface area contributed by atoms with Crippen LogP contribution in [-0.2, 0) is 11.0 Å². The normalized spacial score (nSPS) is 11.1. The lowest BCUT2D eigenvalue weighted by atomic mass is 10.1. The van der Waals surface area contributed by atoms with Crippen LogP contribution in [0.25, 0.3) is 0 Å². The predicted molar refractivity (Wildman–Crippen MR) is 41.2 cm³/mol. The van der Waals surface area contributed by atoms with Gasteiger partial charge in [0.1, 0.15) is 0 Å². The Labute approximate surface area is 81.4 Å². The zero-order valence-corrected chi connectivity index (χ0v) is 7.08. The number of aromatic nitrogens is 1. The third-order valence-electron chi connectivity index (χ3n) is 1.57. The number of rotatable bonds is 2. The standard InChI is InChI=1S/C8H4F3NO3/c9-8(10,11)5-3-12-2-1-4(5)6(13)7(14)15/h1-3H,(H,14,15). The Balaban J connectivity index is 3.31. The van der Waals surface area contributed by atoms with Gasteiger partial charge in [-0.3, -0.25) is 9.78 Å². The maximum Gasteiger partial charge on any atom is 0.418 e. The second kappa shape index (κ2) is 3.68. The molecule has 0 spiro atoms. The number of pyridine rings is 1. The Kier molecular flexibility index (Phi) is 2.74. The molecule has 1 aromatic heterocycles. The summed E-state index contributed by atoms with van der Waals surface area (Å²) >= 11 is 0. The van der Waals surface area contributed by atoms with Crippen LogP contribution in [0.5, 0.6) is 0 Å². The Morgan fingerprint density at radius 2 is 1.93 bits per heavy atom. The van der Waals surface area contributed by atoms with Crippen LogP contribution in [0.1, 0.15) is 15.9 Å². The van der Waals surface area contributed by atoms with Gasteiger partial charge in [-0.1, -0.05) is 0 Å². The number of hydrogen-bond donors (Lipinski definition) is 1. The maximum absolute atomic E-state index is 12.3. The fourth-order valence-corrected chi connectivity index (χ4v) is 0.934. The third kappa shape index (κ3) is 2.30. The zero-order chi connectivity index (χ0) is 11.6. The molecule has 1 N–H and O–H groups in total. The molecule has 0 aromatic carbocycles. The smallest absolute Gasteiger partial charge is 0.418 e. The van der Waals surface area contributed by atoms with Gasteiger partial charge < -0.3 is 5.11 Å². The van der Waals surface area contributed by atoms with Crippen molar-refractivity contribution < 1.29 is 27.9 Å². The van der Waals surface area contributed by atoms with Crippen LogP contribution in [0, 0.1) is 0 Å². The summed E-state index contributed by atoms with van der Waals surface area (Å²) in [6.07, 6.45) is -3.46. The Morgan fingerprint density at radius 3 is 2.40 bits per heavy atom. The summed E-state index contributed by atoms with van der Waals surface area (Å²) in [5, 5.41) is 8.29. The predicted octanol–water partition coefficient (Wildman–Crippen LogP) is 1.37. The molecule has 0 bridgehead atoms. The molecule has 0 amide bonds. The van der Waals surface area contributed by atoms with E-state index in [9.17, 15) is 22.8 Å². The van der Waals surface area contributed by atoms with Crippen molar-refractivity contribution in [2.75, 3.05) is 0 Å². The van der Waals surface area contributed by atoms with Crippen LogP contribution in [0.2, 0.25) is 0 Å². The van der Waals surface area contributed by atoms with E-state index in [1.54, 1.807) is 0 Å². The topological polar surface area (TPSA) is 67.3 Å². The lowest BCUT2D eigenvalue weighted by Crippen LogP contribution is -2.19. The van der Waals surface area contributed by atoms with Crippen molar-refractivity contribution >= 4 is 11.8 Å². The molecule has 80 valence electrons. The molecular weight excluding hydrogens is 215 g/mol. The zero-order valence-electron chi connectivity index (χ0n) is 7.08. The van der Waals surface area contributed by atoms with E-state index < -0.39 is 29.1 Å². The first-order chi connectivity index (χ1) is 6.84. The number of aliphatic carboxylic acids is 1. The minimum atomic E-state index is -4.80. The van der Waals surface area contributed by atoms with E-state index in [1.165, 1.54) is 0 Å². The van der Waals surface area contributed by atoms with Crippen LogP contribution in [-0.4, -0.2) is 21.8 Å². The minimum Gasteiger partial charge on any atom is -0.475 e. The molecule has 7 heteroatoms. The minimum absolute atomic E-state index is 0.413. The van der Waals surface area contributed by atoms with Gasteiger partial charge in [-0.05, 0) is 6.07 Å². The number of alkyl halides is 3. The van der Waals surface area contributed by atoms with E-state index in [-0.39, 0.29) is 0 Å². The van der Waals surface area contributed by atoms with Gasteiger partial charge in [-0.25, -0.2) is 4.79 Å². The fraction of sp³-hybridized carbons (Fsp3) is 0.125. The summed E-state index contributed by atoms with van der Waals surface area (Å²) in [7, 11) is 0. The molecule has 0 saturated heterocycles. The monoisotopic (exact) mass is 219 g/mol. The second-order valence-electron chi connectivity index (χ2n) is 2.55. The maximum atomic E-state index is 12.3. The highest BCUT2D eigenvalue weighted by Crippen LogP contribution is 2.31. The first kappa shape index (κ1) is 11.2. The van der Waals surface area contributed by atoms with Crippen LogP contribution in [0.4, 0.5) is 13.2 Å². The van der Waals surface area contributed by atoms with Gasteiger partial charge in [0.05, 0.1) is 5.56 Å². The van der Waals surface area contributed by atoms with E-state index in [4.69, 9.17) is 5.11 Å². The third-order valence-corrected chi connectivity index (χ3v) is 1.57. The largest absolute Gasteiger partial charge is 0.475 e. The lowest BCUT2D eigenvalue weighted by Gasteiger charge is -2.08. The Morgan fingerprint density at radius 1 is 1.33 bits per heavy atom. The highest BCUT2D eigenvalue weighted by Gasteiger charge is 2.36. The highest BCUT2D eigenvalue weighted by molar-refractivity contribution is 6.40. The second-order valence-corrected chi connectivity index (χ2v) is 2.55. The first-order valence-corrected chi connectivity index (χ1v) is 3.63. The molecule has 0 unspecified atom stereocenters. The summed E-state index contributed by atoms with van der Waals surface area (Å²) < 4.78 is 36.9. The van der Waals surface area contributed by atoms with Gasteiger partial charge in [0, 0.05) is 18.0 Å². The van der Waals surface area contributed by atoms with Crippen molar-refractivity contribution in [2.45, 2.75) is 6.18 Å². The summed E-state index contributed by atoms with van der Waals surface area (Å²) in [5.74, 6) is -3.54. The van der Waals surface area contributed by atoms with Gasteiger partial charge in [0.25, 0.3) is 5.78 Å². The lowest BCUT2D eigenvalue weighted by molar-refractivity contribution is -0.138. The van der Waals surface area contributed by atoms with Crippen LogP contribution < -0.4 is 0 Å². The van der Waals surface area contributed by atoms with Crippen molar-refractivity contribution in [3.63, 3.8) is 0 Å². The van der Waals surface area contributed by atoms with Crippen molar-refractivity contribution in [1.82, 2.24) is 4.98 Å². The molecule has 1 heterocycles. The van der Waals surface area contributed by atoms with E-state index >= 15 is 0 Å². The molecule has 0 aliphatic heterocycles. The number of carboxylic acids is 1. The molecule has 1 rings (SSSR count). The number of nitrogens with zero attached hydrogens (tertiary/aromatic N) is 1. The highest BCUT2D eigenvalue weighted by atomic mass is 19.4. The molecule has 0 radical (unpaired) electrons. The number of carbonyl (C=O) groups excluding carboxylic acids is 1. The van der Waals surface area contributed by atoms with Gasteiger partial charge in [0.15, 0.2) is 0 Å². The van der Waals surface area contributed by atoms with Gasteiger partial charge in [-0.2, -0.15) is 13.2 Å². The van der Waals surface area contributed by atoms with Crippen molar-refractivity contribution in [3.05, 3.63) is 29.6 Å². The molecule has 4 nitrogen and oxygen atoms in total. The molecule has 0 atom stereocenters. The molecular formula is C8H4F3NO3. The Bertz CT molecular complexity index is 414. The van der Waals surface area contributed by atoms with Gasteiger partial charge in [-0.15, -0.1) is 0 Å². The first-order valence-electron chi connectivity index (χ1n) is 3.63. The van der Waals surface area contributed by atoms with Gasteiger partial charge >= 0.3 is 12.1 Å². The Hall–Kier alpha value is -1.92. The number of carbonyl (C=O) groups is 2. The van der Waals surface area contributed by atoms with Crippen LogP contribution in [0.15, 0.2) is 18.5 Å².